The minimum atomic E-state index is -0.599. The molecule has 0 spiro atoms. The molecule has 3 heterocycles. The van der Waals surface area contributed by atoms with Gasteiger partial charge in [0.25, 0.3) is 5.56 Å². The van der Waals surface area contributed by atoms with Crippen LogP contribution >= 0.6 is 11.3 Å². The fourth-order valence-electron chi connectivity index (χ4n) is 4.16. The van der Waals surface area contributed by atoms with Crippen LogP contribution in [0.3, 0.4) is 0 Å². The molecular weight excluding hydrogens is 448 g/mol. The first kappa shape index (κ1) is 24.0. The maximum Gasteiger partial charge on any atom is 0.338 e. The Morgan fingerprint density at radius 3 is 2.53 bits per heavy atom. The third-order valence-corrected chi connectivity index (χ3v) is 6.83. The van der Waals surface area contributed by atoms with E-state index in [2.05, 4.69) is 26.0 Å². The summed E-state index contributed by atoms with van der Waals surface area (Å²) in [6.45, 7) is 10.2. The van der Waals surface area contributed by atoms with Crippen molar-refractivity contribution in [3.05, 3.63) is 90.0 Å². The van der Waals surface area contributed by atoms with Gasteiger partial charge in [-0.25, -0.2) is 9.79 Å². The fourth-order valence-corrected chi connectivity index (χ4v) is 5.16. The fraction of sp³-hybridized carbons (Fsp3) is 0.370. The first-order valence-corrected chi connectivity index (χ1v) is 12.5. The molecule has 0 saturated carbocycles. The van der Waals surface area contributed by atoms with Gasteiger partial charge in [-0.1, -0.05) is 62.8 Å². The third-order valence-electron chi connectivity index (χ3n) is 5.85. The van der Waals surface area contributed by atoms with E-state index in [4.69, 9.17) is 14.1 Å². The van der Waals surface area contributed by atoms with E-state index < -0.39 is 12.0 Å². The van der Waals surface area contributed by atoms with Crippen molar-refractivity contribution in [3.8, 4) is 0 Å². The number of benzene rings is 1. The predicted octanol–water partition coefficient (Wildman–Crippen LogP) is 4.60. The zero-order valence-electron chi connectivity index (χ0n) is 20.3. The van der Waals surface area contributed by atoms with E-state index in [0.29, 0.717) is 38.7 Å². The highest BCUT2D eigenvalue weighted by atomic mass is 32.1. The Balaban J connectivity index is 1.97. The number of furan rings is 1. The Hall–Kier alpha value is -3.19. The lowest BCUT2D eigenvalue weighted by atomic mass is 9.92. The first-order valence-electron chi connectivity index (χ1n) is 11.7. The second-order valence-electron chi connectivity index (χ2n) is 8.68. The molecule has 6 nitrogen and oxygen atoms in total. The van der Waals surface area contributed by atoms with Crippen LogP contribution in [0.15, 0.2) is 61.9 Å². The summed E-state index contributed by atoms with van der Waals surface area (Å²) < 4.78 is 13.2. The molecule has 7 heteroatoms. The summed E-state index contributed by atoms with van der Waals surface area (Å²) >= 11 is 1.31. The average molecular weight is 479 g/mol. The highest BCUT2D eigenvalue weighted by Gasteiger charge is 2.34. The van der Waals surface area contributed by atoms with Crippen molar-refractivity contribution in [1.82, 2.24) is 4.57 Å². The van der Waals surface area contributed by atoms with Gasteiger partial charge in [0.1, 0.15) is 11.5 Å². The molecule has 178 valence electrons. The van der Waals surface area contributed by atoms with Gasteiger partial charge in [-0.15, -0.1) is 0 Å². The molecule has 34 heavy (non-hydrogen) atoms. The maximum absolute atomic E-state index is 13.6. The predicted molar refractivity (Wildman–Crippen MR) is 134 cm³/mol. The second-order valence-corrected chi connectivity index (χ2v) is 9.69. The molecule has 0 bridgehead atoms. The highest BCUT2D eigenvalue weighted by Crippen LogP contribution is 2.33. The van der Waals surface area contributed by atoms with Gasteiger partial charge in [0.15, 0.2) is 4.80 Å². The summed E-state index contributed by atoms with van der Waals surface area (Å²) in [6.07, 6.45) is 3.18. The highest BCUT2D eigenvalue weighted by molar-refractivity contribution is 7.07. The maximum atomic E-state index is 13.6. The molecule has 0 N–H and O–H groups in total. The normalized spacial score (nSPS) is 16.1. The topological polar surface area (TPSA) is 73.8 Å². The number of rotatable bonds is 7. The summed E-state index contributed by atoms with van der Waals surface area (Å²) in [5.41, 5.74) is 2.97. The summed E-state index contributed by atoms with van der Waals surface area (Å²) in [5, 5.41) is 0. The molecule has 1 atom stereocenters. The van der Waals surface area contributed by atoms with Gasteiger partial charge in [-0.3, -0.25) is 9.36 Å². The van der Waals surface area contributed by atoms with Gasteiger partial charge in [-0.2, -0.15) is 0 Å². The van der Waals surface area contributed by atoms with Crippen LogP contribution in [-0.2, 0) is 9.53 Å². The third kappa shape index (κ3) is 4.57. The molecular formula is C27H30N2O4S. The SMILES string of the molecule is CCCC1=C(C(=O)OCC)[C@@H](c2ccc(C(C)C)cc2)n2c(s/c(=C\c3ccc(C)o3)c2=O)=N1. The number of carbonyl (C=O) groups is 1. The van der Waals surface area contributed by atoms with E-state index in [0.717, 1.165) is 17.7 Å². The monoisotopic (exact) mass is 478 g/mol. The smallest absolute Gasteiger partial charge is 0.338 e. The van der Waals surface area contributed by atoms with E-state index >= 15 is 0 Å². The number of carbonyl (C=O) groups excluding carboxylic acids is 1. The number of aromatic nitrogens is 1. The van der Waals surface area contributed by atoms with E-state index in [-0.39, 0.29) is 12.2 Å². The molecule has 4 rings (SSSR count). The van der Waals surface area contributed by atoms with Crippen molar-refractivity contribution in [1.29, 1.82) is 0 Å². The van der Waals surface area contributed by atoms with Gasteiger partial charge in [-0.05, 0) is 49.4 Å². The van der Waals surface area contributed by atoms with Crippen LogP contribution in [0.25, 0.3) is 6.08 Å². The van der Waals surface area contributed by atoms with Crippen molar-refractivity contribution < 1.29 is 13.9 Å². The largest absolute Gasteiger partial charge is 0.463 e. The quantitative estimate of drug-likeness (QED) is 0.465. The number of hydrogen-bond donors (Lipinski definition) is 0. The number of aryl methyl sites for hydroxylation is 1. The minimum Gasteiger partial charge on any atom is -0.463 e. The summed E-state index contributed by atoms with van der Waals surface area (Å²) in [4.78, 5) is 32.2. The standard InChI is InChI=1S/C27H30N2O4S/c1-6-8-21-23(26(31)32-7-2)24(19-12-10-18(11-13-19)16(3)4)29-25(30)22(34-27(29)28-21)15-20-14-9-17(5)33-20/h9-16,24H,6-8H2,1-5H3/b22-15-/t24-/m1/s1. The van der Waals surface area contributed by atoms with Gasteiger partial charge in [0.05, 0.1) is 28.5 Å². The summed E-state index contributed by atoms with van der Waals surface area (Å²) in [6, 6.07) is 11.2. The van der Waals surface area contributed by atoms with Crippen LogP contribution in [0, 0.1) is 6.92 Å². The number of hydrogen-bond acceptors (Lipinski definition) is 6. The van der Waals surface area contributed by atoms with E-state index in [1.54, 1.807) is 17.6 Å². The van der Waals surface area contributed by atoms with Crippen molar-refractivity contribution >= 4 is 23.4 Å². The first-order chi connectivity index (χ1) is 16.3. The molecule has 0 saturated heterocycles. The number of nitrogens with zero attached hydrogens (tertiary/aromatic N) is 2. The van der Waals surface area contributed by atoms with Crippen LogP contribution in [0.5, 0.6) is 0 Å². The number of thiazole rings is 1. The van der Waals surface area contributed by atoms with Crippen molar-refractivity contribution in [3.63, 3.8) is 0 Å². The van der Waals surface area contributed by atoms with Gasteiger partial charge < -0.3 is 9.15 Å². The molecule has 0 radical (unpaired) electrons. The molecule has 0 amide bonds. The van der Waals surface area contributed by atoms with Crippen LogP contribution < -0.4 is 14.9 Å². The number of esters is 1. The van der Waals surface area contributed by atoms with Crippen LogP contribution in [-0.4, -0.2) is 17.1 Å². The lowest BCUT2D eigenvalue weighted by Crippen LogP contribution is -2.40. The van der Waals surface area contributed by atoms with Crippen LogP contribution in [0.1, 0.15) is 75.1 Å². The number of ether oxygens (including phenoxy) is 1. The lowest BCUT2D eigenvalue weighted by Gasteiger charge is -2.26. The van der Waals surface area contributed by atoms with Gasteiger partial charge >= 0.3 is 5.97 Å². The minimum absolute atomic E-state index is 0.201. The molecule has 3 aromatic rings. The van der Waals surface area contributed by atoms with Crippen molar-refractivity contribution in [2.45, 2.75) is 59.4 Å². The molecule has 2 aromatic heterocycles. The van der Waals surface area contributed by atoms with Crippen molar-refractivity contribution in [2.75, 3.05) is 6.61 Å². The molecule has 1 aliphatic rings. The zero-order valence-corrected chi connectivity index (χ0v) is 21.1. The number of fused-ring (bicyclic) bond motifs is 1. The number of allylic oxidation sites excluding steroid dienone is 1. The zero-order chi connectivity index (χ0) is 24.4. The molecule has 1 aliphatic heterocycles. The second kappa shape index (κ2) is 9.97. The molecule has 1 aromatic carbocycles. The Bertz CT molecular complexity index is 1400. The molecule has 0 aliphatic carbocycles. The summed E-state index contributed by atoms with van der Waals surface area (Å²) in [5.74, 6) is 1.34. The lowest BCUT2D eigenvalue weighted by molar-refractivity contribution is -0.139. The van der Waals surface area contributed by atoms with E-state index in [9.17, 15) is 9.59 Å². The van der Waals surface area contributed by atoms with Crippen LogP contribution in [0.4, 0.5) is 0 Å². The molecule has 0 unspecified atom stereocenters. The molecule has 0 fully saturated rings. The van der Waals surface area contributed by atoms with Gasteiger partial charge in [0, 0.05) is 6.08 Å². The Morgan fingerprint density at radius 1 is 1.21 bits per heavy atom. The Kier molecular flexibility index (Phi) is 7.03. The summed E-state index contributed by atoms with van der Waals surface area (Å²) in [7, 11) is 0. The average Bonchev–Trinajstić information content (AvgIpc) is 3.35. The van der Waals surface area contributed by atoms with E-state index in [1.165, 1.54) is 16.9 Å². The van der Waals surface area contributed by atoms with Gasteiger partial charge in [0.2, 0.25) is 0 Å². The Morgan fingerprint density at radius 2 is 1.94 bits per heavy atom. The van der Waals surface area contributed by atoms with Crippen LogP contribution in [0.2, 0.25) is 0 Å². The van der Waals surface area contributed by atoms with E-state index in [1.807, 2.05) is 38.1 Å². The van der Waals surface area contributed by atoms with Crippen molar-refractivity contribution in [2.24, 2.45) is 4.99 Å². The Labute approximate surface area is 202 Å².